The fourth-order valence-electron chi connectivity index (χ4n) is 5.53. The Morgan fingerprint density at radius 3 is 2.25 bits per heavy atom. The Kier molecular flexibility index (Phi) is 7.49. The number of hydrogen-bond donors (Lipinski definition) is 0. The number of carbonyl (C=O) groups is 1. The highest BCUT2D eigenvalue weighted by Gasteiger charge is 2.36. The number of aromatic nitrogens is 2. The Hall–Kier alpha value is -3.64. The van der Waals surface area contributed by atoms with Gasteiger partial charge >= 0.3 is 5.97 Å². The van der Waals surface area contributed by atoms with Crippen LogP contribution in [0.25, 0.3) is 28.0 Å². The molecule has 0 saturated carbocycles. The molecule has 210 valence electrons. The molecule has 40 heavy (non-hydrogen) atoms. The van der Waals surface area contributed by atoms with E-state index in [1.54, 1.807) is 0 Å². The average Bonchev–Trinajstić information content (AvgIpc) is 3.35. The Morgan fingerprint density at radius 1 is 0.950 bits per heavy atom. The topological polar surface area (TPSA) is 56.1 Å². The molecule has 4 aromatic rings. The smallest absolute Gasteiger partial charge is 0.339 e. The molecule has 1 atom stereocenters. The summed E-state index contributed by atoms with van der Waals surface area (Å²) >= 11 is 0. The van der Waals surface area contributed by atoms with Crippen molar-refractivity contribution in [1.82, 2.24) is 9.38 Å². The van der Waals surface area contributed by atoms with Gasteiger partial charge in [0.1, 0.15) is 11.5 Å². The van der Waals surface area contributed by atoms with Gasteiger partial charge in [-0.25, -0.2) is 9.78 Å². The van der Waals surface area contributed by atoms with Crippen molar-refractivity contribution in [3.63, 3.8) is 0 Å². The van der Waals surface area contributed by atoms with Gasteiger partial charge in [0.15, 0.2) is 6.10 Å². The largest absolute Gasteiger partial charge is 0.467 e. The summed E-state index contributed by atoms with van der Waals surface area (Å²) in [5.74, 6) is 0.565. The fraction of sp³-hybridized carbons (Fsp3) is 0.412. The van der Waals surface area contributed by atoms with Crippen molar-refractivity contribution >= 4 is 17.4 Å². The van der Waals surface area contributed by atoms with Gasteiger partial charge in [0.25, 0.3) is 0 Å². The molecule has 6 nitrogen and oxygen atoms in total. The molecule has 1 aliphatic rings. The number of pyridine rings is 1. The van der Waals surface area contributed by atoms with Gasteiger partial charge in [-0.05, 0) is 74.8 Å². The lowest BCUT2D eigenvalue weighted by molar-refractivity contribution is -0.164. The highest BCUT2D eigenvalue weighted by molar-refractivity contribution is 5.81. The van der Waals surface area contributed by atoms with Crippen LogP contribution in [0.15, 0.2) is 66.9 Å². The summed E-state index contributed by atoms with van der Waals surface area (Å²) in [5, 5.41) is 0. The second kappa shape index (κ2) is 10.7. The minimum Gasteiger partial charge on any atom is -0.467 e. The van der Waals surface area contributed by atoms with E-state index in [1.165, 1.54) is 12.7 Å². The van der Waals surface area contributed by atoms with Crippen LogP contribution in [0.1, 0.15) is 64.7 Å². The number of benzene rings is 2. The molecule has 0 spiro atoms. The number of imidazole rings is 1. The van der Waals surface area contributed by atoms with Gasteiger partial charge < -0.3 is 14.4 Å². The normalized spacial score (nSPS) is 16.2. The summed E-state index contributed by atoms with van der Waals surface area (Å²) in [7, 11) is 1.42. The Labute approximate surface area is 238 Å². The molecule has 6 heteroatoms. The van der Waals surface area contributed by atoms with Crippen molar-refractivity contribution in [3.8, 4) is 22.4 Å². The second-order valence-corrected chi connectivity index (χ2v) is 12.7. The molecular weight excluding hydrogens is 498 g/mol. The third-order valence-corrected chi connectivity index (χ3v) is 7.80. The van der Waals surface area contributed by atoms with Gasteiger partial charge in [-0.1, -0.05) is 62.4 Å². The Bertz CT molecular complexity index is 1500. The maximum atomic E-state index is 13.2. The van der Waals surface area contributed by atoms with E-state index in [-0.39, 0.29) is 5.41 Å². The summed E-state index contributed by atoms with van der Waals surface area (Å²) in [6.07, 6.45) is 3.37. The van der Waals surface area contributed by atoms with Crippen LogP contribution in [-0.2, 0) is 14.3 Å². The van der Waals surface area contributed by atoms with Crippen molar-refractivity contribution < 1.29 is 14.3 Å². The number of hydrogen-bond acceptors (Lipinski definition) is 5. The highest BCUT2D eigenvalue weighted by Crippen LogP contribution is 2.40. The van der Waals surface area contributed by atoms with Crippen molar-refractivity contribution in [2.24, 2.45) is 5.41 Å². The molecule has 0 amide bonds. The second-order valence-electron chi connectivity index (χ2n) is 12.7. The zero-order valence-electron chi connectivity index (χ0n) is 24.8. The lowest BCUT2D eigenvalue weighted by atomic mass is 9.82. The third-order valence-electron chi connectivity index (χ3n) is 7.80. The fourth-order valence-corrected chi connectivity index (χ4v) is 5.53. The van der Waals surface area contributed by atoms with Crippen LogP contribution in [0.2, 0.25) is 0 Å². The van der Waals surface area contributed by atoms with E-state index in [0.29, 0.717) is 0 Å². The zero-order chi connectivity index (χ0) is 28.7. The van der Waals surface area contributed by atoms with Gasteiger partial charge in [-0.15, -0.1) is 0 Å². The third kappa shape index (κ3) is 5.78. The number of aryl methyl sites for hydroxylation is 1. The molecule has 0 N–H and O–H groups in total. The molecule has 0 aliphatic carbocycles. The lowest BCUT2D eigenvalue weighted by Gasteiger charge is -2.40. The molecule has 2 aromatic heterocycles. The minimum atomic E-state index is -0.855. The number of piperidine rings is 1. The standard InChI is InChI=1S/C34H41N3O3/c1-23-20-28-35-27(26-15-11-14-25(21-26)24-12-9-8-10-13-24)22-37(28)31(36-18-16-34(5,6)17-19-36)29(23)30(32(38)39-7)40-33(2,3)4/h8-15,20-22,30H,16-19H2,1-7H3. The number of carbonyl (C=O) groups excluding carboxylic acids is 1. The first kappa shape index (κ1) is 27.9. The molecule has 1 saturated heterocycles. The predicted octanol–water partition coefficient (Wildman–Crippen LogP) is 7.63. The van der Waals surface area contributed by atoms with Crippen LogP contribution < -0.4 is 4.90 Å². The van der Waals surface area contributed by atoms with E-state index < -0.39 is 17.7 Å². The van der Waals surface area contributed by atoms with Crippen molar-refractivity contribution in [3.05, 3.63) is 78.0 Å². The monoisotopic (exact) mass is 539 g/mol. The maximum Gasteiger partial charge on any atom is 0.339 e. The van der Waals surface area contributed by atoms with E-state index in [9.17, 15) is 4.79 Å². The summed E-state index contributed by atoms with van der Waals surface area (Å²) < 4.78 is 13.8. The van der Waals surface area contributed by atoms with Crippen molar-refractivity contribution in [1.29, 1.82) is 0 Å². The highest BCUT2D eigenvalue weighted by atomic mass is 16.6. The number of nitrogens with zero attached hydrogens (tertiary/aromatic N) is 3. The maximum absolute atomic E-state index is 13.2. The average molecular weight is 540 g/mol. The van der Waals surface area contributed by atoms with E-state index in [4.69, 9.17) is 14.5 Å². The van der Waals surface area contributed by atoms with Crippen LogP contribution in [0.5, 0.6) is 0 Å². The molecule has 0 bridgehead atoms. The quantitative estimate of drug-likeness (QED) is 0.236. The van der Waals surface area contributed by atoms with Crippen LogP contribution in [0.4, 0.5) is 5.82 Å². The van der Waals surface area contributed by atoms with E-state index in [2.05, 4.69) is 83.9 Å². The molecule has 1 unspecified atom stereocenters. The Balaban J connectivity index is 1.69. The molecule has 1 aliphatic heterocycles. The van der Waals surface area contributed by atoms with Gasteiger partial charge in [0, 0.05) is 30.4 Å². The molecular formula is C34H41N3O3. The summed E-state index contributed by atoms with van der Waals surface area (Å²) in [6.45, 7) is 14.4. The summed E-state index contributed by atoms with van der Waals surface area (Å²) in [6, 6.07) is 20.9. The van der Waals surface area contributed by atoms with E-state index in [0.717, 1.165) is 65.3 Å². The van der Waals surface area contributed by atoms with E-state index >= 15 is 0 Å². The van der Waals surface area contributed by atoms with Crippen LogP contribution in [0.3, 0.4) is 0 Å². The summed E-state index contributed by atoms with van der Waals surface area (Å²) in [4.78, 5) is 20.7. The van der Waals surface area contributed by atoms with Crippen LogP contribution in [0, 0.1) is 12.3 Å². The van der Waals surface area contributed by atoms with Crippen molar-refractivity contribution in [2.75, 3.05) is 25.1 Å². The van der Waals surface area contributed by atoms with Crippen molar-refractivity contribution in [2.45, 2.75) is 66.1 Å². The first-order valence-electron chi connectivity index (χ1n) is 14.1. The number of ether oxygens (including phenoxy) is 2. The molecule has 5 rings (SSSR count). The SMILES string of the molecule is COC(=O)C(OC(C)(C)C)c1c(C)cc2nc(-c3cccc(-c4ccccc4)c3)cn2c1N1CCC(C)(C)CC1. The van der Waals surface area contributed by atoms with Crippen LogP contribution >= 0.6 is 0 Å². The summed E-state index contributed by atoms with van der Waals surface area (Å²) in [5.41, 5.74) is 6.64. The van der Waals surface area contributed by atoms with E-state index in [1.807, 2.05) is 33.8 Å². The van der Waals surface area contributed by atoms with Gasteiger partial charge in [-0.3, -0.25) is 4.40 Å². The minimum absolute atomic E-state index is 0.279. The number of rotatable bonds is 6. The number of methoxy groups -OCH3 is 1. The van der Waals surface area contributed by atoms with Gasteiger partial charge in [-0.2, -0.15) is 0 Å². The van der Waals surface area contributed by atoms with Gasteiger partial charge in [0.2, 0.25) is 0 Å². The first-order valence-corrected chi connectivity index (χ1v) is 14.1. The molecule has 3 heterocycles. The predicted molar refractivity (Wildman–Crippen MR) is 162 cm³/mol. The molecule has 0 radical (unpaired) electrons. The zero-order valence-corrected chi connectivity index (χ0v) is 24.8. The lowest BCUT2D eigenvalue weighted by Crippen LogP contribution is -2.40. The number of esters is 1. The van der Waals surface area contributed by atoms with Gasteiger partial charge in [0.05, 0.1) is 18.4 Å². The van der Waals surface area contributed by atoms with Crippen LogP contribution in [-0.4, -0.2) is 41.2 Å². The number of fused-ring (bicyclic) bond motifs is 1. The molecule has 1 fully saturated rings. The first-order chi connectivity index (χ1) is 19.0. The number of anilines is 1. The Morgan fingerprint density at radius 2 is 1.60 bits per heavy atom. The molecule has 2 aromatic carbocycles.